The van der Waals surface area contributed by atoms with Crippen LogP contribution in [0.15, 0.2) is 59.8 Å². The molecule has 2 aliphatic rings. The molecule has 0 aliphatic carbocycles. The SMILES string of the molecule is CCOC(=O)C1=C(CN2CCN(C(=O)c3ccccc3Cl)CC2)N(CC)C(=O)NC1c1ccc(C(F)(F)F)cc1. The lowest BCUT2D eigenvalue weighted by atomic mass is 9.93. The molecule has 3 amide bonds. The van der Waals surface area contributed by atoms with Crippen molar-refractivity contribution >= 4 is 29.5 Å². The lowest BCUT2D eigenvalue weighted by Crippen LogP contribution is -2.53. The first-order valence-corrected chi connectivity index (χ1v) is 13.3. The van der Waals surface area contributed by atoms with Gasteiger partial charge in [-0.25, -0.2) is 9.59 Å². The first-order valence-electron chi connectivity index (χ1n) is 13.0. The summed E-state index contributed by atoms with van der Waals surface area (Å²) < 4.78 is 44.8. The average Bonchev–Trinajstić information content (AvgIpc) is 2.93. The monoisotopic (exact) mass is 578 g/mol. The number of benzene rings is 2. The number of halogens is 4. The van der Waals surface area contributed by atoms with Crippen LogP contribution in [-0.2, 0) is 15.7 Å². The fourth-order valence-corrected chi connectivity index (χ4v) is 5.11. The number of nitrogens with one attached hydrogen (secondary N) is 1. The number of alkyl halides is 3. The molecule has 8 nitrogen and oxygen atoms in total. The third-order valence-electron chi connectivity index (χ3n) is 6.96. The maximum Gasteiger partial charge on any atom is 0.416 e. The molecule has 2 aromatic rings. The van der Waals surface area contributed by atoms with Gasteiger partial charge in [-0.2, -0.15) is 13.2 Å². The highest BCUT2D eigenvalue weighted by Gasteiger charge is 2.39. The van der Waals surface area contributed by atoms with Crippen LogP contribution >= 0.6 is 11.6 Å². The Kier molecular flexibility index (Phi) is 9.05. The Labute approximate surface area is 235 Å². The zero-order valence-electron chi connectivity index (χ0n) is 22.1. The van der Waals surface area contributed by atoms with Crippen molar-refractivity contribution in [2.45, 2.75) is 26.1 Å². The van der Waals surface area contributed by atoms with E-state index in [1.54, 1.807) is 43.0 Å². The average molecular weight is 579 g/mol. The van der Waals surface area contributed by atoms with Crippen LogP contribution in [0.4, 0.5) is 18.0 Å². The number of rotatable bonds is 7. The van der Waals surface area contributed by atoms with Crippen LogP contribution in [0.5, 0.6) is 0 Å². The van der Waals surface area contributed by atoms with E-state index in [-0.39, 0.29) is 31.2 Å². The van der Waals surface area contributed by atoms with E-state index in [0.29, 0.717) is 48.0 Å². The third kappa shape index (κ3) is 6.26. The number of hydrogen-bond donors (Lipinski definition) is 1. The second kappa shape index (κ2) is 12.3. The van der Waals surface area contributed by atoms with Crippen molar-refractivity contribution in [3.63, 3.8) is 0 Å². The standard InChI is InChI=1S/C28H30ClF3N4O4/c1-3-36-22(17-34-13-15-35(16-14-34)25(37)20-7-5-6-8-21(20)29)23(26(38)40-4-2)24(33-27(36)39)18-9-11-19(12-10-18)28(30,31)32/h5-12,24H,3-4,13-17H2,1-2H3,(H,33,39). The van der Waals surface area contributed by atoms with E-state index in [1.165, 1.54) is 17.0 Å². The van der Waals surface area contributed by atoms with Crippen LogP contribution in [0.25, 0.3) is 0 Å². The van der Waals surface area contributed by atoms with Crippen molar-refractivity contribution in [2.75, 3.05) is 45.9 Å². The van der Waals surface area contributed by atoms with Crippen molar-refractivity contribution in [1.29, 1.82) is 0 Å². The van der Waals surface area contributed by atoms with Gasteiger partial charge >= 0.3 is 18.2 Å². The molecular formula is C28H30ClF3N4O4. The summed E-state index contributed by atoms with van der Waals surface area (Å²) in [7, 11) is 0. The van der Waals surface area contributed by atoms with Gasteiger partial charge in [0.25, 0.3) is 5.91 Å². The fraction of sp³-hybridized carbons (Fsp3) is 0.393. The Morgan fingerprint density at radius 2 is 1.68 bits per heavy atom. The number of amides is 3. The molecule has 1 fully saturated rings. The number of ether oxygens (including phenoxy) is 1. The molecule has 4 rings (SSSR count). The Bertz CT molecular complexity index is 1290. The Balaban J connectivity index is 1.61. The Morgan fingerprint density at radius 3 is 2.25 bits per heavy atom. The van der Waals surface area contributed by atoms with Gasteiger partial charge in [0.1, 0.15) is 0 Å². The van der Waals surface area contributed by atoms with Gasteiger partial charge < -0.3 is 15.0 Å². The minimum Gasteiger partial charge on any atom is -0.463 e. The van der Waals surface area contributed by atoms with Crippen LogP contribution < -0.4 is 5.32 Å². The maximum atomic E-state index is 13.2. The second-order valence-electron chi connectivity index (χ2n) is 9.38. The van der Waals surface area contributed by atoms with Crippen LogP contribution in [0.2, 0.25) is 5.02 Å². The highest BCUT2D eigenvalue weighted by molar-refractivity contribution is 6.33. The molecule has 0 aromatic heterocycles. The van der Waals surface area contributed by atoms with Crippen molar-refractivity contribution in [2.24, 2.45) is 0 Å². The molecule has 1 saturated heterocycles. The van der Waals surface area contributed by atoms with Gasteiger partial charge in [0.05, 0.1) is 34.4 Å². The van der Waals surface area contributed by atoms with E-state index in [1.807, 2.05) is 4.90 Å². The number of carbonyl (C=O) groups excluding carboxylic acids is 3. The Hall–Kier alpha value is -3.57. The molecule has 12 heteroatoms. The molecule has 0 bridgehead atoms. The van der Waals surface area contributed by atoms with Gasteiger partial charge in [-0.1, -0.05) is 35.9 Å². The lowest BCUT2D eigenvalue weighted by molar-refractivity contribution is -0.139. The number of esters is 1. The number of likely N-dealkylation sites (N-methyl/N-ethyl adjacent to an activating group) is 1. The first kappa shape index (κ1) is 29.4. The van der Waals surface area contributed by atoms with Gasteiger partial charge in [0.15, 0.2) is 0 Å². The minimum absolute atomic E-state index is 0.0816. The number of carbonyl (C=O) groups is 3. The molecule has 0 saturated carbocycles. The summed E-state index contributed by atoms with van der Waals surface area (Å²) in [5, 5.41) is 3.13. The van der Waals surface area contributed by atoms with Gasteiger partial charge in [0.2, 0.25) is 0 Å². The van der Waals surface area contributed by atoms with Gasteiger partial charge in [0, 0.05) is 45.0 Å². The van der Waals surface area contributed by atoms with E-state index in [9.17, 15) is 27.6 Å². The molecule has 0 spiro atoms. The highest BCUT2D eigenvalue weighted by Crippen LogP contribution is 2.35. The predicted octanol–water partition coefficient (Wildman–Crippen LogP) is 4.72. The summed E-state index contributed by atoms with van der Waals surface area (Å²) in [5.74, 6) is -0.834. The van der Waals surface area contributed by atoms with E-state index in [4.69, 9.17) is 16.3 Å². The maximum absolute atomic E-state index is 13.2. The molecule has 40 heavy (non-hydrogen) atoms. The fourth-order valence-electron chi connectivity index (χ4n) is 4.90. The van der Waals surface area contributed by atoms with Gasteiger partial charge in [-0.05, 0) is 43.7 Å². The smallest absolute Gasteiger partial charge is 0.416 e. The third-order valence-corrected chi connectivity index (χ3v) is 7.29. The van der Waals surface area contributed by atoms with Crippen LogP contribution in [0.3, 0.4) is 0 Å². The Morgan fingerprint density at radius 1 is 1.02 bits per heavy atom. The van der Waals surface area contributed by atoms with Crippen molar-refractivity contribution in [3.8, 4) is 0 Å². The number of urea groups is 1. The largest absolute Gasteiger partial charge is 0.463 e. The van der Waals surface area contributed by atoms with Gasteiger partial charge in [-0.15, -0.1) is 0 Å². The lowest BCUT2D eigenvalue weighted by Gasteiger charge is -2.40. The summed E-state index contributed by atoms with van der Waals surface area (Å²) in [5.41, 5.74) is 0.496. The van der Waals surface area contributed by atoms with E-state index in [0.717, 1.165) is 12.1 Å². The summed E-state index contributed by atoms with van der Waals surface area (Å²) >= 11 is 6.20. The zero-order valence-corrected chi connectivity index (χ0v) is 22.9. The number of hydrogen-bond acceptors (Lipinski definition) is 5. The molecule has 0 radical (unpaired) electrons. The van der Waals surface area contributed by atoms with Crippen LogP contribution in [0, 0.1) is 0 Å². The molecule has 1 unspecified atom stereocenters. The van der Waals surface area contributed by atoms with Crippen molar-refractivity contribution in [3.05, 3.63) is 81.5 Å². The normalized spacial score (nSPS) is 18.6. The van der Waals surface area contributed by atoms with Crippen LogP contribution in [-0.4, -0.2) is 78.5 Å². The van der Waals surface area contributed by atoms with Gasteiger partial charge in [-0.3, -0.25) is 14.6 Å². The highest BCUT2D eigenvalue weighted by atomic mass is 35.5. The summed E-state index contributed by atoms with van der Waals surface area (Å²) in [4.78, 5) is 44.5. The van der Waals surface area contributed by atoms with E-state index < -0.39 is 29.8 Å². The van der Waals surface area contributed by atoms with Crippen molar-refractivity contribution in [1.82, 2.24) is 20.0 Å². The molecular weight excluding hydrogens is 549 g/mol. The molecule has 2 aliphatic heterocycles. The second-order valence-corrected chi connectivity index (χ2v) is 9.78. The minimum atomic E-state index is -4.52. The molecule has 1 N–H and O–H groups in total. The van der Waals surface area contributed by atoms with Crippen molar-refractivity contribution < 1.29 is 32.3 Å². The molecule has 2 heterocycles. The van der Waals surface area contributed by atoms with Crippen LogP contribution in [0.1, 0.15) is 41.4 Å². The molecule has 1 atom stereocenters. The number of nitrogens with zero attached hydrogens (tertiary/aromatic N) is 3. The topological polar surface area (TPSA) is 82.2 Å². The van der Waals surface area contributed by atoms with E-state index in [2.05, 4.69) is 5.32 Å². The van der Waals surface area contributed by atoms with E-state index >= 15 is 0 Å². The predicted molar refractivity (Wildman–Crippen MR) is 143 cm³/mol. The summed E-state index contributed by atoms with van der Waals surface area (Å²) in [6.07, 6.45) is -4.52. The number of piperazine rings is 1. The summed E-state index contributed by atoms with van der Waals surface area (Å²) in [6, 6.07) is 9.73. The molecule has 214 valence electrons. The first-order chi connectivity index (χ1) is 19.0. The molecule has 2 aromatic carbocycles. The zero-order chi connectivity index (χ0) is 29.0. The summed E-state index contributed by atoms with van der Waals surface area (Å²) in [6.45, 7) is 5.73. The quantitative estimate of drug-likeness (QED) is 0.481.